The normalized spacial score (nSPS) is 32.7. The van der Waals surface area contributed by atoms with Gasteiger partial charge in [-0.3, -0.25) is 0 Å². The molecule has 2 rings (SSSR count). The summed E-state index contributed by atoms with van der Waals surface area (Å²) in [5.74, 6) is 4.16. The van der Waals surface area contributed by atoms with Crippen LogP contribution in [0.4, 0.5) is 0 Å². The Kier molecular flexibility index (Phi) is 6.19. The lowest BCUT2D eigenvalue weighted by Crippen LogP contribution is -2.34. The van der Waals surface area contributed by atoms with Gasteiger partial charge in [-0.2, -0.15) is 0 Å². The molecule has 0 saturated heterocycles. The van der Waals surface area contributed by atoms with Crippen LogP contribution in [0.3, 0.4) is 0 Å². The van der Waals surface area contributed by atoms with Crippen molar-refractivity contribution in [2.75, 3.05) is 6.54 Å². The van der Waals surface area contributed by atoms with Gasteiger partial charge < -0.3 is 5.32 Å². The molecule has 0 aromatic heterocycles. The van der Waals surface area contributed by atoms with Crippen molar-refractivity contribution in [3.63, 3.8) is 0 Å². The summed E-state index contributed by atoms with van der Waals surface area (Å²) in [7, 11) is 0. The minimum atomic E-state index is 0.797. The van der Waals surface area contributed by atoms with Gasteiger partial charge in [-0.05, 0) is 68.7 Å². The van der Waals surface area contributed by atoms with Gasteiger partial charge in [0.05, 0.1) is 0 Å². The average Bonchev–Trinajstić information content (AvgIpc) is 2.98. The molecular formula is C18H35N. The van der Waals surface area contributed by atoms with E-state index >= 15 is 0 Å². The van der Waals surface area contributed by atoms with Crippen molar-refractivity contribution in [1.82, 2.24) is 5.32 Å². The molecule has 5 unspecified atom stereocenters. The molecule has 1 heteroatoms. The lowest BCUT2D eigenvalue weighted by molar-refractivity contribution is 0.255. The van der Waals surface area contributed by atoms with Crippen molar-refractivity contribution in [2.24, 2.45) is 23.7 Å². The minimum Gasteiger partial charge on any atom is -0.314 e. The van der Waals surface area contributed by atoms with E-state index in [1.807, 2.05) is 0 Å². The van der Waals surface area contributed by atoms with E-state index in [0.717, 1.165) is 29.7 Å². The van der Waals surface area contributed by atoms with Crippen molar-refractivity contribution in [3.8, 4) is 0 Å². The molecule has 0 heterocycles. The van der Waals surface area contributed by atoms with Crippen molar-refractivity contribution in [1.29, 1.82) is 0 Å². The van der Waals surface area contributed by atoms with Gasteiger partial charge in [-0.15, -0.1) is 0 Å². The molecule has 2 saturated carbocycles. The molecule has 2 aliphatic carbocycles. The summed E-state index contributed by atoms with van der Waals surface area (Å²) in [6.07, 6.45) is 13.1. The van der Waals surface area contributed by atoms with Crippen molar-refractivity contribution >= 4 is 0 Å². The molecule has 2 aliphatic rings. The Labute approximate surface area is 120 Å². The highest BCUT2D eigenvalue weighted by molar-refractivity contribution is 4.91. The predicted octanol–water partition coefficient (Wildman–Crippen LogP) is 5.01. The smallest absolute Gasteiger partial charge is 0.00723 e. The highest BCUT2D eigenvalue weighted by atomic mass is 14.9. The molecule has 0 aliphatic heterocycles. The van der Waals surface area contributed by atoms with Crippen molar-refractivity contribution in [2.45, 2.75) is 84.6 Å². The second-order valence-corrected chi connectivity index (χ2v) is 7.45. The zero-order valence-electron chi connectivity index (χ0n) is 13.5. The van der Waals surface area contributed by atoms with E-state index in [1.165, 1.54) is 38.6 Å². The topological polar surface area (TPSA) is 12.0 Å². The number of nitrogens with one attached hydrogen (secondary N) is 1. The van der Waals surface area contributed by atoms with Crippen LogP contribution in [0.15, 0.2) is 0 Å². The molecule has 0 aromatic carbocycles. The molecule has 19 heavy (non-hydrogen) atoms. The number of hydrogen-bond acceptors (Lipinski definition) is 1. The Morgan fingerprint density at radius 1 is 1.11 bits per heavy atom. The van der Waals surface area contributed by atoms with Crippen LogP contribution in [0, 0.1) is 23.7 Å². The first-order chi connectivity index (χ1) is 9.22. The number of hydrogen-bond donors (Lipinski definition) is 1. The summed E-state index contributed by atoms with van der Waals surface area (Å²) >= 11 is 0. The third kappa shape index (κ3) is 4.48. The lowest BCUT2D eigenvalue weighted by atomic mass is 9.82. The maximum atomic E-state index is 3.85. The second-order valence-electron chi connectivity index (χ2n) is 7.45. The standard InChI is InChI=1S/C18H35N/c1-4-6-14(3)10-18(19-9-5-2)13-17-12-15-7-8-16(17)11-15/h14-19H,4-13H2,1-3H3. The summed E-state index contributed by atoms with van der Waals surface area (Å²) in [6.45, 7) is 8.27. The SMILES string of the molecule is CCCNC(CC(C)CCC)CC1CC2CCC1C2. The predicted molar refractivity (Wildman–Crippen MR) is 84.3 cm³/mol. The van der Waals surface area contributed by atoms with Crippen LogP contribution in [0.2, 0.25) is 0 Å². The van der Waals surface area contributed by atoms with E-state index in [2.05, 4.69) is 26.1 Å². The largest absolute Gasteiger partial charge is 0.314 e. The van der Waals surface area contributed by atoms with Gasteiger partial charge in [0.2, 0.25) is 0 Å². The summed E-state index contributed by atoms with van der Waals surface area (Å²) in [5, 5.41) is 3.85. The monoisotopic (exact) mass is 265 g/mol. The Balaban J connectivity index is 1.79. The van der Waals surface area contributed by atoms with E-state index in [-0.39, 0.29) is 0 Å². The van der Waals surface area contributed by atoms with Gasteiger partial charge >= 0.3 is 0 Å². The lowest BCUT2D eigenvalue weighted by Gasteiger charge is -2.29. The van der Waals surface area contributed by atoms with Gasteiger partial charge in [0.25, 0.3) is 0 Å². The molecule has 0 spiro atoms. The zero-order chi connectivity index (χ0) is 13.7. The first-order valence-corrected chi connectivity index (χ1v) is 8.96. The third-order valence-corrected chi connectivity index (χ3v) is 5.62. The molecule has 5 atom stereocenters. The summed E-state index contributed by atoms with van der Waals surface area (Å²) in [5.41, 5.74) is 0. The first kappa shape index (κ1) is 15.4. The molecule has 0 amide bonds. The molecular weight excluding hydrogens is 230 g/mol. The van der Waals surface area contributed by atoms with Gasteiger partial charge in [0, 0.05) is 6.04 Å². The van der Waals surface area contributed by atoms with E-state index in [9.17, 15) is 0 Å². The van der Waals surface area contributed by atoms with E-state index in [4.69, 9.17) is 0 Å². The fraction of sp³-hybridized carbons (Fsp3) is 1.00. The molecule has 2 bridgehead atoms. The highest BCUT2D eigenvalue weighted by Gasteiger charge is 2.40. The van der Waals surface area contributed by atoms with Crippen LogP contribution >= 0.6 is 0 Å². The molecule has 0 radical (unpaired) electrons. The maximum absolute atomic E-state index is 3.85. The fourth-order valence-electron chi connectivity index (χ4n) is 4.74. The Morgan fingerprint density at radius 2 is 1.95 bits per heavy atom. The Bertz CT molecular complexity index is 250. The summed E-state index contributed by atoms with van der Waals surface area (Å²) in [6, 6.07) is 0.797. The van der Waals surface area contributed by atoms with Gasteiger partial charge in [0.1, 0.15) is 0 Å². The third-order valence-electron chi connectivity index (χ3n) is 5.62. The quantitative estimate of drug-likeness (QED) is 0.618. The van der Waals surface area contributed by atoms with Crippen LogP contribution in [-0.2, 0) is 0 Å². The molecule has 1 nitrogen and oxygen atoms in total. The van der Waals surface area contributed by atoms with E-state index in [1.54, 1.807) is 25.7 Å². The number of rotatable bonds is 9. The zero-order valence-corrected chi connectivity index (χ0v) is 13.5. The number of fused-ring (bicyclic) bond motifs is 2. The first-order valence-electron chi connectivity index (χ1n) is 8.96. The van der Waals surface area contributed by atoms with Crippen LogP contribution in [0.25, 0.3) is 0 Å². The Hall–Kier alpha value is -0.0400. The Morgan fingerprint density at radius 3 is 2.53 bits per heavy atom. The van der Waals surface area contributed by atoms with Crippen LogP contribution in [0.5, 0.6) is 0 Å². The van der Waals surface area contributed by atoms with E-state index in [0.29, 0.717) is 0 Å². The van der Waals surface area contributed by atoms with Crippen LogP contribution in [0.1, 0.15) is 78.6 Å². The maximum Gasteiger partial charge on any atom is 0.00723 e. The van der Waals surface area contributed by atoms with Crippen LogP contribution < -0.4 is 5.32 Å². The minimum absolute atomic E-state index is 0.797. The molecule has 0 aromatic rings. The van der Waals surface area contributed by atoms with E-state index < -0.39 is 0 Å². The van der Waals surface area contributed by atoms with Crippen molar-refractivity contribution < 1.29 is 0 Å². The molecule has 112 valence electrons. The van der Waals surface area contributed by atoms with Crippen LogP contribution in [-0.4, -0.2) is 12.6 Å². The van der Waals surface area contributed by atoms with Gasteiger partial charge in [-0.1, -0.05) is 40.0 Å². The van der Waals surface area contributed by atoms with Crippen molar-refractivity contribution in [3.05, 3.63) is 0 Å². The average molecular weight is 265 g/mol. The molecule has 1 N–H and O–H groups in total. The van der Waals surface area contributed by atoms with Gasteiger partial charge in [-0.25, -0.2) is 0 Å². The highest BCUT2D eigenvalue weighted by Crippen LogP contribution is 2.50. The summed E-state index contributed by atoms with van der Waals surface area (Å²) < 4.78 is 0. The fourth-order valence-corrected chi connectivity index (χ4v) is 4.74. The van der Waals surface area contributed by atoms with Gasteiger partial charge in [0.15, 0.2) is 0 Å². The summed E-state index contributed by atoms with van der Waals surface area (Å²) in [4.78, 5) is 0. The molecule has 2 fully saturated rings. The second kappa shape index (κ2) is 7.67.